The first-order valence-electron chi connectivity index (χ1n) is 6.07. The number of rotatable bonds is 7. The van der Waals surface area contributed by atoms with Crippen LogP contribution in [0, 0.1) is 17.8 Å². The number of hydrogen-bond donors (Lipinski definition) is 3. The van der Waals surface area contributed by atoms with Gasteiger partial charge in [0.1, 0.15) is 0 Å². The van der Waals surface area contributed by atoms with Crippen LogP contribution in [0.3, 0.4) is 0 Å². The topological polar surface area (TPSA) is 92.4 Å². The van der Waals surface area contributed by atoms with Crippen molar-refractivity contribution in [3.05, 3.63) is 0 Å². The number of carbonyl (C=O) groups excluding carboxylic acids is 1. The number of amides is 1. The van der Waals surface area contributed by atoms with E-state index in [2.05, 4.69) is 5.32 Å². The standard InChI is InChI=1S/C12H24N2O3/c1-5-8(4)10(13)11(15)14-6-9(7(2)3)12(16)17/h7-10H,5-6,13H2,1-4H3,(H,14,15)(H,16,17)/t8-,9?,10-/m0/s1. The first kappa shape index (κ1) is 15.9. The molecule has 3 atom stereocenters. The van der Waals surface area contributed by atoms with Crippen molar-refractivity contribution in [2.75, 3.05) is 6.54 Å². The average molecular weight is 244 g/mol. The number of aliphatic carboxylic acids is 1. The van der Waals surface area contributed by atoms with Gasteiger partial charge in [-0.25, -0.2) is 0 Å². The Morgan fingerprint density at radius 2 is 1.82 bits per heavy atom. The van der Waals surface area contributed by atoms with Crippen LogP contribution < -0.4 is 11.1 Å². The molecule has 0 heterocycles. The molecule has 4 N–H and O–H groups in total. The molecule has 0 spiro atoms. The molecule has 0 aromatic heterocycles. The minimum atomic E-state index is -0.891. The third kappa shape index (κ3) is 5.17. The van der Waals surface area contributed by atoms with Crippen LogP contribution in [0.1, 0.15) is 34.1 Å². The Labute approximate surface area is 103 Å². The van der Waals surface area contributed by atoms with Gasteiger partial charge in [0.2, 0.25) is 5.91 Å². The lowest BCUT2D eigenvalue weighted by atomic mass is 9.95. The van der Waals surface area contributed by atoms with E-state index in [9.17, 15) is 9.59 Å². The first-order chi connectivity index (χ1) is 7.81. The van der Waals surface area contributed by atoms with Crippen molar-refractivity contribution < 1.29 is 14.7 Å². The van der Waals surface area contributed by atoms with Gasteiger partial charge in [-0.1, -0.05) is 34.1 Å². The monoisotopic (exact) mass is 244 g/mol. The van der Waals surface area contributed by atoms with Gasteiger partial charge in [0, 0.05) is 6.54 Å². The number of carbonyl (C=O) groups is 2. The SMILES string of the molecule is CC[C@H](C)[C@H](N)C(=O)NCC(C(=O)O)C(C)C. The summed E-state index contributed by atoms with van der Waals surface area (Å²) < 4.78 is 0. The molecule has 5 nitrogen and oxygen atoms in total. The Morgan fingerprint density at radius 3 is 2.18 bits per heavy atom. The lowest BCUT2D eigenvalue weighted by Crippen LogP contribution is -2.47. The molecule has 0 aliphatic rings. The molecule has 0 aromatic rings. The van der Waals surface area contributed by atoms with Crippen molar-refractivity contribution in [1.29, 1.82) is 0 Å². The quantitative estimate of drug-likeness (QED) is 0.618. The van der Waals surface area contributed by atoms with Crippen molar-refractivity contribution in [2.45, 2.75) is 40.2 Å². The lowest BCUT2D eigenvalue weighted by molar-refractivity contribution is -0.143. The second-order valence-electron chi connectivity index (χ2n) is 4.85. The van der Waals surface area contributed by atoms with E-state index in [0.717, 1.165) is 6.42 Å². The van der Waals surface area contributed by atoms with Crippen molar-refractivity contribution in [1.82, 2.24) is 5.32 Å². The lowest BCUT2D eigenvalue weighted by Gasteiger charge is -2.21. The Kier molecular flexibility index (Phi) is 6.80. The van der Waals surface area contributed by atoms with Gasteiger partial charge in [-0.2, -0.15) is 0 Å². The van der Waals surface area contributed by atoms with Crippen LogP contribution in [0.2, 0.25) is 0 Å². The van der Waals surface area contributed by atoms with E-state index in [4.69, 9.17) is 10.8 Å². The zero-order valence-electron chi connectivity index (χ0n) is 11.1. The smallest absolute Gasteiger partial charge is 0.308 e. The summed E-state index contributed by atoms with van der Waals surface area (Å²) in [5.41, 5.74) is 5.75. The molecule has 0 bridgehead atoms. The predicted octanol–water partition coefficient (Wildman–Crippen LogP) is 0.833. The summed E-state index contributed by atoms with van der Waals surface area (Å²) in [5, 5.41) is 11.6. The van der Waals surface area contributed by atoms with E-state index < -0.39 is 17.9 Å². The maximum atomic E-state index is 11.7. The van der Waals surface area contributed by atoms with E-state index in [1.807, 2.05) is 27.7 Å². The van der Waals surface area contributed by atoms with Crippen LogP contribution in [-0.4, -0.2) is 29.6 Å². The molecular weight excluding hydrogens is 220 g/mol. The Bertz CT molecular complexity index is 266. The molecule has 0 aliphatic carbocycles. The van der Waals surface area contributed by atoms with Crippen molar-refractivity contribution in [3.63, 3.8) is 0 Å². The Balaban J connectivity index is 4.26. The molecule has 100 valence electrons. The maximum Gasteiger partial charge on any atom is 0.308 e. The number of hydrogen-bond acceptors (Lipinski definition) is 3. The molecule has 0 aliphatic heterocycles. The van der Waals surface area contributed by atoms with E-state index in [1.165, 1.54) is 0 Å². The van der Waals surface area contributed by atoms with Crippen LogP contribution in [0.4, 0.5) is 0 Å². The van der Waals surface area contributed by atoms with E-state index >= 15 is 0 Å². The van der Waals surface area contributed by atoms with Gasteiger partial charge in [0.25, 0.3) is 0 Å². The van der Waals surface area contributed by atoms with Crippen molar-refractivity contribution in [2.24, 2.45) is 23.5 Å². The van der Waals surface area contributed by atoms with E-state index in [0.29, 0.717) is 0 Å². The Morgan fingerprint density at radius 1 is 1.29 bits per heavy atom. The molecule has 0 saturated heterocycles. The van der Waals surface area contributed by atoms with Gasteiger partial charge in [-0.05, 0) is 11.8 Å². The van der Waals surface area contributed by atoms with Crippen LogP contribution in [0.25, 0.3) is 0 Å². The summed E-state index contributed by atoms with van der Waals surface area (Å²) in [5.74, 6) is -1.66. The first-order valence-corrected chi connectivity index (χ1v) is 6.07. The molecule has 0 rings (SSSR count). The van der Waals surface area contributed by atoms with E-state index in [-0.39, 0.29) is 24.3 Å². The summed E-state index contributed by atoms with van der Waals surface area (Å²) in [6, 6.07) is -0.568. The number of nitrogens with one attached hydrogen (secondary N) is 1. The van der Waals surface area contributed by atoms with Crippen LogP contribution in [0.5, 0.6) is 0 Å². The molecule has 0 radical (unpaired) electrons. The minimum absolute atomic E-state index is 0.0207. The number of nitrogens with two attached hydrogens (primary N) is 1. The molecule has 0 aromatic carbocycles. The van der Waals surface area contributed by atoms with Crippen molar-refractivity contribution in [3.8, 4) is 0 Å². The van der Waals surface area contributed by atoms with Crippen LogP contribution >= 0.6 is 0 Å². The fourth-order valence-corrected chi connectivity index (χ4v) is 1.45. The second-order valence-corrected chi connectivity index (χ2v) is 4.85. The van der Waals surface area contributed by atoms with Crippen LogP contribution in [-0.2, 0) is 9.59 Å². The third-order valence-electron chi connectivity index (χ3n) is 3.18. The number of carboxylic acids is 1. The van der Waals surface area contributed by atoms with Gasteiger partial charge >= 0.3 is 5.97 Å². The van der Waals surface area contributed by atoms with Gasteiger partial charge in [0.05, 0.1) is 12.0 Å². The highest BCUT2D eigenvalue weighted by atomic mass is 16.4. The maximum absolute atomic E-state index is 11.7. The summed E-state index contributed by atoms with van der Waals surface area (Å²) in [4.78, 5) is 22.6. The van der Waals surface area contributed by atoms with Crippen molar-refractivity contribution >= 4 is 11.9 Å². The summed E-state index contributed by atoms with van der Waals surface area (Å²) in [7, 11) is 0. The van der Waals surface area contributed by atoms with Gasteiger partial charge in [-0.15, -0.1) is 0 Å². The second kappa shape index (κ2) is 7.27. The third-order valence-corrected chi connectivity index (χ3v) is 3.18. The predicted molar refractivity (Wildman–Crippen MR) is 66.4 cm³/mol. The Hall–Kier alpha value is -1.10. The minimum Gasteiger partial charge on any atom is -0.481 e. The molecule has 17 heavy (non-hydrogen) atoms. The highest BCUT2D eigenvalue weighted by Crippen LogP contribution is 2.10. The zero-order chi connectivity index (χ0) is 13.6. The molecule has 0 saturated carbocycles. The highest BCUT2D eigenvalue weighted by molar-refractivity contribution is 5.82. The van der Waals surface area contributed by atoms with Crippen LogP contribution in [0.15, 0.2) is 0 Å². The number of carboxylic acid groups (broad SMARTS) is 1. The summed E-state index contributed by atoms with van der Waals surface area (Å²) in [6.07, 6.45) is 0.821. The van der Waals surface area contributed by atoms with Gasteiger partial charge in [0.15, 0.2) is 0 Å². The highest BCUT2D eigenvalue weighted by Gasteiger charge is 2.24. The fourth-order valence-electron chi connectivity index (χ4n) is 1.45. The fraction of sp³-hybridized carbons (Fsp3) is 0.833. The molecule has 1 unspecified atom stereocenters. The summed E-state index contributed by atoms with van der Waals surface area (Å²) in [6.45, 7) is 7.64. The molecule has 0 fully saturated rings. The van der Waals surface area contributed by atoms with E-state index in [1.54, 1.807) is 0 Å². The van der Waals surface area contributed by atoms with Gasteiger partial charge in [-0.3, -0.25) is 9.59 Å². The molecular formula is C12H24N2O3. The molecule has 1 amide bonds. The zero-order valence-corrected chi connectivity index (χ0v) is 11.1. The normalized spacial score (nSPS) is 16.4. The molecule has 5 heteroatoms. The average Bonchev–Trinajstić information content (AvgIpc) is 2.25. The largest absolute Gasteiger partial charge is 0.481 e. The van der Waals surface area contributed by atoms with Gasteiger partial charge < -0.3 is 16.2 Å². The summed E-state index contributed by atoms with van der Waals surface area (Å²) >= 11 is 0.